The van der Waals surface area contributed by atoms with Crippen LogP contribution in [0.4, 0.5) is 20.3 Å². The van der Waals surface area contributed by atoms with Crippen LogP contribution < -0.4 is 15.4 Å². The minimum absolute atomic E-state index is 0.0627. The van der Waals surface area contributed by atoms with E-state index in [9.17, 15) is 17.2 Å². The maximum absolute atomic E-state index is 14.6. The average molecular weight is 431 g/mol. The second-order valence-electron chi connectivity index (χ2n) is 6.64. The molecule has 1 heterocycles. The predicted octanol–water partition coefficient (Wildman–Crippen LogP) is 3.76. The first-order valence-electron chi connectivity index (χ1n) is 8.88. The second kappa shape index (κ2) is 8.59. The third kappa shape index (κ3) is 4.71. The Labute approximate surface area is 167 Å². The van der Waals surface area contributed by atoms with Crippen LogP contribution in [0.2, 0.25) is 5.02 Å². The fourth-order valence-electron chi connectivity index (χ4n) is 3.35. The Morgan fingerprint density at radius 2 is 1.86 bits per heavy atom. The maximum atomic E-state index is 14.6. The minimum Gasteiger partial charge on any atom is -0.379 e. The van der Waals surface area contributed by atoms with Gasteiger partial charge in [0, 0.05) is 12.1 Å². The molecule has 0 radical (unpaired) electrons. The number of nitrogens with one attached hydrogen (secondary N) is 3. The number of pyridine rings is 1. The molecular weight excluding hydrogens is 410 g/mol. The first kappa shape index (κ1) is 20.8. The second-order valence-corrected chi connectivity index (χ2v) is 8.70. The molecular formula is C18H21ClF2N4O2S. The van der Waals surface area contributed by atoms with Gasteiger partial charge < -0.3 is 10.6 Å². The molecule has 0 unspecified atom stereocenters. The molecule has 0 spiro atoms. The molecule has 1 aromatic heterocycles. The van der Waals surface area contributed by atoms with Crippen LogP contribution >= 0.6 is 11.6 Å². The van der Waals surface area contributed by atoms with E-state index in [4.69, 9.17) is 11.6 Å². The van der Waals surface area contributed by atoms with Crippen molar-refractivity contribution in [2.45, 2.75) is 42.7 Å². The van der Waals surface area contributed by atoms with Crippen molar-refractivity contribution in [1.29, 1.82) is 0 Å². The van der Waals surface area contributed by atoms with E-state index in [0.29, 0.717) is 5.69 Å². The summed E-state index contributed by atoms with van der Waals surface area (Å²) in [5, 5.41) is 6.53. The zero-order valence-electron chi connectivity index (χ0n) is 15.2. The summed E-state index contributed by atoms with van der Waals surface area (Å²) < 4.78 is 54.8. The monoisotopic (exact) mass is 430 g/mol. The van der Waals surface area contributed by atoms with Gasteiger partial charge in [0.05, 0.1) is 10.7 Å². The van der Waals surface area contributed by atoms with Crippen LogP contribution in [0.5, 0.6) is 0 Å². The van der Waals surface area contributed by atoms with Crippen LogP contribution in [-0.4, -0.2) is 32.5 Å². The summed E-state index contributed by atoms with van der Waals surface area (Å²) in [6.45, 7) is 0. The lowest BCUT2D eigenvalue weighted by molar-refractivity contribution is 0.361. The predicted molar refractivity (Wildman–Crippen MR) is 105 cm³/mol. The zero-order valence-corrected chi connectivity index (χ0v) is 16.7. The zero-order chi connectivity index (χ0) is 20.3. The van der Waals surface area contributed by atoms with Crippen LogP contribution in [0, 0.1) is 11.8 Å². The molecule has 152 valence electrons. The summed E-state index contributed by atoms with van der Waals surface area (Å²) in [7, 11) is -2.46. The molecule has 2 atom stereocenters. The molecule has 1 fully saturated rings. The van der Waals surface area contributed by atoms with E-state index in [1.165, 1.54) is 12.1 Å². The summed E-state index contributed by atoms with van der Waals surface area (Å²) in [5.74, 6) is -2.07. The van der Waals surface area contributed by atoms with Gasteiger partial charge in [-0.1, -0.05) is 30.5 Å². The van der Waals surface area contributed by atoms with E-state index in [1.54, 1.807) is 0 Å². The number of aromatic nitrogens is 1. The van der Waals surface area contributed by atoms with Crippen LogP contribution in [0.3, 0.4) is 0 Å². The lowest BCUT2D eigenvalue weighted by Crippen LogP contribution is -2.44. The molecule has 1 aliphatic carbocycles. The normalized spacial score (nSPS) is 20.0. The molecule has 3 N–H and O–H groups in total. The number of anilines is 2. The van der Waals surface area contributed by atoms with Gasteiger partial charge in [0.2, 0.25) is 5.95 Å². The Hall–Kier alpha value is -1.97. The van der Waals surface area contributed by atoms with Crippen molar-refractivity contribution in [2.75, 3.05) is 17.1 Å². The highest BCUT2D eigenvalue weighted by Crippen LogP contribution is 2.31. The topological polar surface area (TPSA) is 83.1 Å². The van der Waals surface area contributed by atoms with Crippen LogP contribution in [0.1, 0.15) is 25.7 Å². The molecule has 28 heavy (non-hydrogen) atoms. The fourth-order valence-corrected chi connectivity index (χ4v) is 4.72. The number of hydrogen-bond donors (Lipinski definition) is 3. The summed E-state index contributed by atoms with van der Waals surface area (Å²) in [6, 6.07) is 6.01. The van der Waals surface area contributed by atoms with Crippen LogP contribution in [0.25, 0.3) is 0 Å². The number of benzene rings is 1. The highest BCUT2D eigenvalue weighted by Gasteiger charge is 2.26. The van der Waals surface area contributed by atoms with Crippen molar-refractivity contribution in [1.82, 2.24) is 10.3 Å². The van der Waals surface area contributed by atoms with E-state index in [1.807, 2.05) is 7.05 Å². The third-order valence-corrected chi connectivity index (χ3v) is 6.43. The van der Waals surface area contributed by atoms with Crippen molar-refractivity contribution in [3.63, 3.8) is 0 Å². The number of sulfonamides is 1. The molecule has 0 saturated heterocycles. The molecule has 6 nitrogen and oxygen atoms in total. The molecule has 2 aromatic rings. The van der Waals surface area contributed by atoms with Gasteiger partial charge >= 0.3 is 0 Å². The van der Waals surface area contributed by atoms with Crippen LogP contribution in [-0.2, 0) is 10.0 Å². The van der Waals surface area contributed by atoms with E-state index in [0.717, 1.165) is 43.9 Å². The quantitative estimate of drug-likeness (QED) is 0.608. The molecule has 0 bridgehead atoms. The smallest absolute Gasteiger partial charge is 0.266 e. The van der Waals surface area contributed by atoms with Gasteiger partial charge in [0.1, 0.15) is 16.5 Å². The highest BCUT2D eigenvalue weighted by molar-refractivity contribution is 7.92. The number of rotatable bonds is 6. The lowest BCUT2D eigenvalue weighted by atomic mass is 9.90. The van der Waals surface area contributed by atoms with E-state index < -0.39 is 26.7 Å². The molecule has 1 aromatic carbocycles. The lowest BCUT2D eigenvalue weighted by Gasteiger charge is -2.33. The van der Waals surface area contributed by atoms with Crippen molar-refractivity contribution in [3.8, 4) is 0 Å². The van der Waals surface area contributed by atoms with Crippen LogP contribution in [0.15, 0.2) is 35.2 Å². The number of likely N-dealkylation sites (N-methyl/N-ethyl adjacent to an activating group) is 1. The largest absolute Gasteiger partial charge is 0.379 e. The van der Waals surface area contributed by atoms with Gasteiger partial charge in [-0.15, -0.1) is 0 Å². The Morgan fingerprint density at radius 3 is 2.54 bits per heavy atom. The van der Waals surface area contributed by atoms with Crippen molar-refractivity contribution in [2.24, 2.45) is 0 Å². The van der Waals surface area contributed by atoms with Gasteiger partial charge in [0.25, 0.3) is 10.0 Å². The standard InChI is InChI=1S/C18H21ClF2N4O2S/c1-22-13-5-2-3-6-14(13)23-15-10-12(20)16(9-11(15)19)28(26,27)25-18-8-4-7-17(21)24-18/h4,7-10,13-14,22-23H,2-3,5-6H2,1H3,(H,24,25)/t13-,14-/m0/s1. The van der Waals surface area contributed by atoms with Gasteiger partial charge in [0.15, 0.2) is 0 Å². The molecule has 0 amide bonds. The molecule has 1 aliphatic rings. The fraction of sp³-hybridized carbons (Fsp3) is 0.389. The van der Waals surface area contributed by atoms with E-state index in [2.05, 4.69) is 20.3 Å². The van der Waals surface area contributed by atoms with Crippen molar-refractivity contribution >= 4 is 33.1 Å². The van der Waals surface area contributed by atoms with Gasteiger partial charge in [-0.05, 0) is 44.2 Å². The number of halogens is 3. The molecule has 3 rings (SSSR count). The summed E-state index contributed by atoms with van der Waals surface area (Å²) in [5.41, 5.74) is 0.328. The first-order chi connectivity index (χ1) is 13.3. The third-order valence-electron chi connectivity index (χ3n) is 4.74. The van der Waals surface area contributed by atoms with Gasteiger partial charge in [-0.25, -0.2) is 17.8 Å². The maximum Gasteiger partial charge on any atom is 0.266 e. The van der Waals surface area contributed by atoms with Gasteiger partial charge in [-0.2, -0.15) is 4.39 Å². The molecule has 0 aliphatic heterocycles. The molecule has 10 heteroatoms. The SMILES string of the molecule is CN[C@H]1CCCC[C@@H]1Nc1cc(F)c(S(=O)(=O)Nc2cccc(F)n2)cc1Cl. The summed E-state index contributed by atoms with van der Waals surface area (Å²) in [6.07, 6.45) is 4.05. The summed E-state index contributed by atoms with van der Waals surface area (Å²) in [4.78, 5) is 2.78. The van der Waals surface area contributed by atoms with E-state index in [-0.39, 0.29) is 22.9 Å². The Morgan fingerprint density at radius 1 is 1.14 bits per heavy atom. The highest BCUT2D eigenvalue weighted by atomic mass is 35.5. The Balaban J connectivity index is 1.84. The van der Waals surface area contributed by atoms with E-state index >= 15 is 0 Å². The Kier molecular flexibility index (Phi) is 6.36. The van der Waals surface area contributed by atoms with Gasteiger partial charge in [-0.3, -0.25) is 4.72 Å². The number of nitrogens with zero attached hydrogens (tertiary/aromatic N) is 1. The first-order valence-corrected chi connectivity index (χ1v) is 10.7. The molecule has 1 saturated carbocycles. The Bertz CT molecular complexity index is 959. The van der Waals surface area contributed by atoms with Crippen molar-refractivity contribution < 1.29 is 17.2 Å². The van der Waals surface area contributed by atoms with Crippen molar-refractivity contribution in [3.05, 3.63) is 47.1 Å². The number of hydrogen-bond acceptors (Lipinski definition) is 5. The minimum atomic E-state index is -4.33. The summed E-state index contributed by atoms with van der Waals surface area (Å²) >= 11 is 6.23. The average Bonchev–Trinajstić information content (AvgIpc) is 2.64.